The first-order valence-electron chi connectivity index (χ1n) is 9.56. The van der Waals surface area contributed by atoms with E-state index in [1.807, 2.05) is 0 Å². The number of ether oxygens (including phenoxy) is 3. The van der Waals surface area contributed by atoms with Gasteiger partial charge in [-0.05, 0) is 0 Å². The van der Waals surface area contributed by atoms with Crippen molar-refractivity contribution >= 4 is 52.0 Å². The lowest BCUT2D eigenvalue weighted by Crippen LogP contribution is -2.55. The smallest absolute Gasteiger partial charge is 0.344 e. The first-order valence-corrected chi connectivity index (χ1v) is 16.4. The van der Waals surface area contributed by atoms with Crippen LogP contribution < -0.4 is 0 Å². The average Bonchev–Trinajstić information content (AvgIpc) is 3.03. The average molecular weight is 681 g/mol. The van der Waals surface area contributed by atoms with Crippen LogP contribution in [0.4, 0.5) is 0 Å². The van der Waals surface area contributed by atoms with Crippen LogP contribution in [-0.4, -0.2) is 121 Å². The summed E-state index contributed by atoms with van der Waals surface area (Å²) in [6.07, 6.45) is -15.3. The van der Waals surface area contributed by atoms with Crippen molar-refractivity contribution in [1.82, 2.24) is 0 Å². The molecular formula is C11H20O23S5. The third-order valence-electron chi connectivity index (χ3n) is 4.40. The summed E-state index contributed by atoms with van der Waals surface area (Å²) >= 11 is 0. The maximum atomic E-state index is 11.3. The molecule has 0 aromatic carbocycles. The van der Waals surface area contributed by atoms with E-state index in [-0.39, 0.29) is 0 Å². The molecule has 2 aliphatic heterocycles. The van der Waals surface area contributed by atoms with Crippen LogP contribution in [0.3, 0.4) is 0 Å². The molecule has 0 saturated carbocycles. The summed E-state index contributed by atoms with van der Waals surface area (Å²) in [5.74, 6) is 0. The largest absolute Gasteiger partial charge is 0.397 e. The number of hydrogen-bond acceptors (Lipinski definition) is 18. The second-order valence-electron chi connectivity index (χ2n) is 7.38. The minimum absolute atomic E-state index is 0.596. The van der Waals surface area contributed by atoms with Crippen LogP contribution in [0.5, 0.6) is 0 Å². The molecule has 0 amide bonds. The van der Waals surface area contributed by atoms with Gasteiger partial charge in [0.15, 0.2) is 12.6 Å². The molecule has 0 spiro atoms. The highest BCUT2D eigenvalue weighted by molar-refractivity contribution is 7.81. The first kappa shape index (κ1) is 34.4. The van der Waals surface area contributed by atoms with Crippen molar-refractivity contribution in [3.05, 3.63) is 0 Å². The summed E-state index contributed by atoms with van der Waals surface area (Å²) in [6, 6.07) is 0. The maximum absolute atomic E-state index is 11.3. The molecule has 2 fully saturated rings. The topological polar surface area (TPSA) is 346 Å². The molecule has 2 saturated heterocycles. The highest BCUT2D eigenvalue weighted by Crippen LogP contribution is 2.33. The van der Waals surface area contributed by atoms with Gasteiger partial charge in [-0.3, -0.25) is 22.8 Å². The van der Waals surface area contributed by atoms with Crippen molar-refractivity contribution < 1.29 is 100.0 Å². The van der Waals surface area contributed by atoms with Crippen molar-refractivity contribution in [3.63, 3.8) is 0 Å². The van der Waals surface area contributed by atoms with Gasteiger partial charge in [-0.1, -0.05) is 0 Å². The molecule has 2 heterocycles. The SMILES string of the molecule is O=S(=O)(O)OC[C@@H]1C[C@H](OS(=O)(=O)O)[C@H](OC2C[C@@H](OS(=O)(=O)O)[C@H](OS(=O)(=O)O)[C@@H](COS(=O)(=O)O)O2)O1. The lowest BCUT2D eigenvalue weighted by Gasteiger charge is -2.39. The van der Waals surface area contributed by atoms with E-state index in [2.05, 4.69) is 20.9 Å². The second-order valence-corrected chi connectivity index (χ2v) is 12.7. The molecule has 2 aliphatic rings. The molecule has 23 nitrogen and oxygen atoms in total. The van der Waals surface area contributed by atoms with Gasteiger partial charge in [0.2, 0.25) is 0 Å². The molecule has 0 aromatic heterocycles. The standard InChI is InChI=1S/C11H20O23S5/c12-35(13,14)27-3-5-1-7(33-38(21,22)23)11(29-5)31-9-2-6(32-37(18,19)20)10(34-39(24,25)26)8(30-9)4-28-36(15,16)17/h5-11H,1-4H2,(H,12,13,14)(H,15,16,17)(H,18,19,20)(H,21,22,23)(H,24,25,26)/t5-,6+,7-,8+,9?,10-,11-/m0/s1. The van der Waals surface area contributed by atoms with Gasteiger partial charge in [0, 0.05) is 12.8 Å². The molecule has 0 radical (unpaired) electrons. The Morgan fingerprint density at radius 2 is 1.08 bits per heavy atom. The van der Waals surface area contributed by atoms with Crippen molar-refractivity contribution in [1.29, 1.82) is 0 Å². The van der Waals surface area contributed by atoms with Crippen molar-refractivity contribution in [2.45, 2.75) is 55.9 Å². The van der Waals surface area contributed by atoms with Crippen molar-refractivity contribution in [2.75, 3.05) is 13.2 Å². The van der Waals surface area contributed by atoms with E-state index in [1.54, 1.807) is 0 Å². The zero-order valence-corrected chi connectivity index (χ0v) is 22.6. The van der Waals surface area contributed by atoms with Gasteiger partial charge in [0.1, 0.15) is 24.4 Å². The Hall–Kier alpha value is -0.770. The summed E-state index contributed by atoms with van der Waals surface area (Å²) in [5, 5.41) is 0. The monoisotopic (exact) mass is 680 g/mol. The fourth-order valence-corrected chi connectivity index (χ4v) is 5.40. The lowest BCUT2D eigenvalue weighted by molar-refractivity contribution is -0.303. The minimum atomic E-state index is -5.46. The highest BCUT2D eigenvalue weighted by atomic mass is 32.3. The Morgan fingerprint density at radius 3 is 1.56 bits per heavy atom. The van der Waals surface area contributed by atoms with Gasteiger partial charge < -0.3 is 14.2 Å². The van der Waals surface area contributed by atoms with E-state index >= 15 is 0 Å². The van der Waals surface area contributed by atoms with Gasteiger partial charge in [0.05, 0.1) is 19.3 Å². The number of hydrogen-bond donors (Lipinski definition) is 5. The van der Waals surface area contributed by atoms with Gasteiger partial charge in [-0.25, -0.2) is 20.9 Å². The first-order chi connectivity index (χ1) is 17.4. The number of rotatable bonds is 14. The second kappa shape index (κ2) is 12.6. The molecule has 0 aliphatic carbocycles. The zero-order chi connectivity index (χ0) is 30.0. The highest BCUT2D eigenvalue weighted by Gasteiger charge is 2.48. The predicted octanol–water partition coefficient (Wildman–Crippen LogP) is -3.56. The predicted molar refractivity (Wildman–Crippen MR) is 112 cm³/mol. The van der Waals surface area contributed by atoms with Gasteiger partial charge in [0.25, 0.3) is 0 Å². The molecule has 1 unspecified atom stereocenters. The van der Waals surface area contributed by atoms with Gasteiger partial charge >= 0.3 is 52.0 Å². The molecule has 28 heteroatoms. The summed E-state index contributed by atoms with van der Waals surface area (Å²) < 4.78 is 192. The van der Waals surface area contributed by atoms with E-state index in [4.69, 9.17) is 37.0 Å². The molecular weight excluding hydrogens is 660 g/mol. The van der Waals surface area contributed by atoms with Crippen LogP contribution in [-0.2, 0) is 87.1 Å². The van der Waals surface area contributed by atoms with E-state index in [1.165, 1.54) is 0 Å². The van der Waals surface area contributed by atoms with Crippen LogP contribution in [0.15, 0.2) is 0 Å². The minimum Gasteiger partial charge on any atom is -0.344 e. The molecule has 7 atom stereocenters. The molecule has 232 valence electrons. The Kier molecular flexibility index (Phi) is 11.1. The lowest BCUT2D eigenvalue weighted by atomic mass is 10.0. The third-order valence-corrected chi connectivity index (χ3v) is 6.72. The van der Waals surface area contributed by atoms with Gasteiger partial charge in [-0.2, -0.15) is 42.1 Å². The Labute approximate surface area is 220 Å². The normalized spacial score (nSPS) is 31.4. The van der Waals surface area contributed by atoms with Crippen LogP contribution in [0.25, 0.3) is 0 Å². The zero-order valence-electron chi connectivity index (χ0n) is 18.5. The van der Waals surface area contributed by atoms with Crippen molar-refractivity contribution in [3.8, 4) is 0 Å². The summed E-state index contributed by atoms with van der Waals surface area (Å²) in [4.78, 5) is 0. The molecule has 0 bridgehead atoms. The van der Waals surface area contributed by atoms with Crippen LogP contribution in [0.2, 0.25) is 0 Å². The summed E-state index contributed by atoms with van der Waals surface area (Å²) in [5.41, 5.74) is 0. The maximum Gasteiger partial charge on any atom is 0.397 e. The van der Waals surface area contributed by atoms with E-state index in [0.717, 1.165) is 0 Å². The third kappa shape index (κ3) is 13.6. The van der Waals surface area contributed by atoms with E-state index in [0.29, 0.717) is 0 Å². The molecule has 0 aromatic rings. The Balaban J connectivity index is 2.34. The fourth-order valence-electron chi connectivity index (χ4n) is 3.26. The Morgan fingerprint density at radius 1 is 0.590 bits per heavy atom. The molecule has 39 heavy (non-hydrogen) atoms. The fraction of sp³-hybridized carbons (Fsp3) is 1.00. The van der Waals surface area contributed by atoms with Crippen LogP contribution >= 0.6 is 0 Å². The molecule has 2 rings (SSSR count). The van der Waals surface area contributed by atoms with Crippen LogP contribution in [0.1, 0.15) is 12.8 Å². The quantitative estimate of drug-likeness (QED) is 0.111. The van der Waals surface area contributed by atoms with E-state index < -0.39 is 121 Å². The molecule has 5 N–H and O–H groups in total. The van der Waals surface area contributed by atoms with Crippen LogP contribution in [0, 0.1) is 0 Å². The summed E-state index contributed by atoms with van der Waals surface area (Å²) in [6.45, 7) is -2.31. The van der Waals surface area contributed by atoms with E-state index in [9.17, 15) is 42.1 Å². The van der Waals surface area contributed by atoms with Gasteiger partial charge in [-0.15, -0.1) is 0 Å². The summed E-state index contributed by atoms with van der Waals surface area (Å²) in [7, 11) is -26.4. The van der Waals surface area contributed by atoms with Crippen molar-refractivity contribution in [2.24, 2.45) is 0 Å². The Bertz CT molecular complexity index is 1380.